The van der Waals surface area contributed by atoms with Gasteiger partial charge in [0, 0.05) is 6.04 Å². The predicted molar refractivity (Wildman–Crippen MR) is 85.2 cm³/mol. The third-order valence-electron chi connectivity index (χ3n) is 3.49. The minimum atomic E-state index is -1.01. The zero-order valence-corrected chi connectivity index (χ0v) is 13.6. The summed E-state index contributed by atoms with van der Waals surface area (Å²) < 4.78 is 5.55. The van der Waals surface area contributed by atoms with E-state index < -0.39 is 5.97 Å². The molecule has 1 N–H and O–H groups in total. The van der Waals surface area contributed by atoms with Gasteiger partial charge in [0.05, 0.1) is 9.75 Å². The SMILES string of the molecule is CCC(C)N(CC(=O)O)C(=O)c1ccc(-c2ccc(C)o2)s1. The van der Waals surface area contributed by atoms with Crippen LogP contribution in [0.3, 0.4) is 0 Å². The van der Waals surface area contributed by atoms with E-state index in [4.69, 9.17) is 9.52 Å². The molecule has 0 fully saturated rings. The Bertz CT molecular complexity index is 673. The highest BCUT2D eigenvalue weighted by Gasteiger charge is 2.24. The fourth-order valence-corrected chi connectivity index (χ4v) is 3.01. The first kappa shape index (κ1) is 16.3. The third kappa shape index (κ3) is 3.57. The monoisotopic (exact) mass is 321 g/mol. The van der Waals surface area contributed by atoms with E-state index in [1.54, 1.807) is 6.07 Å². The van der Waals surface area contributed by atoms with Crippen molar-refractivity contribution in [3.63, 3.8) is 0 Å². The van der Waals surface area contributed by atoms with Crippen molar-refractivity contribution in [2.75, 3.05) is 6.54 Å². The first-order valence-electron chi connectivity index (χ1n) is 7.11. The molecule has 2 rings (SSSR count). The molecule has 0 aliphatic heterocycles. The number of carbonyl (C=O) groups is 2. The van der Waals surface area contributed by atoms with Crippen molar-refractivity contribution in [1.29, 1.82) is 0 Å². The Morgan fingerprint density at radius 3 is 2.59 bits per heavy atom. The van der Waals surface area contributed by atoms with Crippen molar-refractivity contribution in [3.8, 4) is 10.6 Å². The van der Waals surface area contributed by atoms with E-state index in [9.17, 15) is 9.59 Å². The number of hydrogen-bond acceptors (Lipinski definition) is 4. The van der Waals surface area contributed by atoms with Gasteiger partial charge in [0.1, 0.15) is 18.1 Å². The zero-order chi connectivity index (χ0) is 16.3. The molecule has 0 saturated carbocycles. The highest BCUT2D eigenvalue weighted by Crippen LogP contribution is 2.30. The highest BCUT2D eigenvalue weighted by molar-refractivity contribution is 7.17. The molecule has 1 unspecified atom stereocenters. The summed E-state index contributed by atoms with van der Waals surface area (Å²) in [6, 6.07) is 7.15. The van der Waals surface area contributed by atoms with Gasteiger partial charge in [0.15, 0.2) is 0 Å². The van der Waals surface area contributed by atoms with Crippen LogP contribution in [0.25, 0.3) is 10.6 Å². The van der Waals surface area contributed by atoms with Crippen molar-refractivity contribution in [3.05, 3.63) is 34.9 Å². The lowest BCUT2D eigenvalue weighted by Crippen LogP contribution is -2.41. The topological polar surface area (TPSA) is 70.8 Å². The van der Waals surface area contributed by atoms with E-state index >= 15 is 0 Å². The van der Waals surface area contributed by atoms with Crippen molar-refractivity contribution in [2.45, 2.75) is 33.2 Å². The number of nitrogens with zero attached hydrogens (tertiary/aromatic N) is 1. The summed E-state index contributed by atoms with van der Waals surface area (Å²) in [4.78, 5) is 26.3. The van der Waals surface area contributed by atoms with Crippen LogP contribution >= 0.6 is 11.3 Å². The van der Waals surface area contributed by atoms with Gasteiger partial charge in [-0.15, -0.1) is 11.3 Å². The largest absolute Gasteiger partial charge is 0.480 e. The van der Waals surface area contributed by atoms with Crippen LogP contribution in [-0.4, -0.2) is 34.5 Å². The second kappa shape index (κ2) is 6.79. The summed E-state index contributed by atoms with van der Waals surface area (Å²) >= 11 is 1.31. The first-order valence-corrected chi connectivity index (χ1v) is 7.93. The quantitative estimate of drug-likeness (QED) is 0.881. The molecule has 0 aliphatic carbocycles. The smallest absolute Gasteiger partial charge is 0.323 e. The lowest BCUT2D eigenvalue weighted by atomic mass is 10.2. The van der Waals surface area contributed by atoms with Gasteiger partial charge in [0.2, 0.25) is 0 Å². The molecule has 0 radical (unpaired) electrons. The maximum Gasteiger partial charge on any atom is 0.323 e. The average molecular weight is 321 g/mol. The van der Waals surface area contributed by atoms with Gasteiger partial charge >= 0.3 is 5.97 Å². The number of rotatable bonds is 6. The molecule has 2 heterocycles. The molecular formula is C16H19NO4S. The molecule has 0 bridgehead atoms. The van der Waals surface area contributed by atoms with Gasteiger partial charge in [0.25, 0.3) is 5.91 Å². The van der Waals surface area contributed by atoms with E-state index in [2.05, 4.69) is 0 Å². The number of aryl methyl sites for hydroxylation is 1. The second-order valence-electron chi connectivity index (χ2n) is 5.16. The van der Waals surface area contributed by atoms with Crippen molar-refractivity contribution >= 4 is 23.2 Å². The van der Waals surface area contributed by atoms with E-state index in [1.807, 2.05) is 39.0 Å². The number of carboxylic acid groups (broad SMARTS) is 1. The first-order chi connectivity index (χ1) is 10.4. The molecule has 5 nitrogen and oxygen atoms in total. The molecule has 6 heteroatoms. The van der Waals surface area contributed by atoms with Crippen LogP contribution in [0.1, 0.15) is 35.7 Å². The minimum absolute atomic E-state index is 0.125. The maximum atomic E-state index is 12.6. The Hall–Kier alpha value is -2.08. The normalized spacial score (nSPS) is 12.1. The molecule has 0 aliphatic rings. The molecule has 0 saturated heterocycles. The molecule has 2 aromatic rings. The van der Waals surface area contributed by atoms with Gasteiger partial charge in [-0.1, -0.05) is 6.92 Å². The van der Waals surface area contributed by atoms with E-state index in [0.29, 0.717) is 11.3 Å². The molecule has 0 aromatic carbocycles. The van der Waals surface area contributed by atoms with Crippen LogP contribution in [0.15, 0.2) is 28.7 Å². The van der Waals surface area contributed by atoms with Crippen molar-refractivity contribution in [1.82, 2.24) is 4.90 Å². The van der Waals surface area contributed by atoms with Crippen LogP contribution in [0.4, 0.5) is 0 Å². The summed E-state index contributed by atoms with van der Waals surface area (Å²) in [5, 5.41) is 9.00. The number of thiophene rings is 1. The number of hydrogen-bond donors (Lipinski definition) is 1. The lowest BCUT2D eigenvalue weighted by Gasteiger charge is -2.26. The molecular weight excluding hydrogens is 302 g/mol. The fraction of sp³-hybridized carbons (Fsp3) is 0.375. The van der Waals surface area contributed by atoms with Gasteiger partial charge in [-0.25, -0.2) is 0 Å². The summed E-state index contributed by atoms with van der Waals surface area (Å²) in [5.41, 5.74) is 0. The van der Waals surface area contributed by atoms with Gasteiger partial charge < -0.3 is 14.4 Å². The maximum absolute atomic E-state index is 12.6. The van der Waals surface area contributed by atoms with Crippen molar-refractivity contribution in [2.24, 2.45) is 0 Å². The standard InChI is InChI=1S/C16H19NO4S/c1-4-10(2)17(9-15(18)19)16(20)14-8-7-13(22-14)12-6-5-11(3)21-12/h5-8,10H,4,9H2,1-3H3,(H,18,19). The van der Waals surface area contributed by atoms with Crippen LogP contribution < -0.4 is 0 Å². The summed E-state index contributed by atoms with van der Waals surface area (Å²) in [5.74, 6) is 0.265. The molecule has 1 amide bonds. The molecule has 118 valence electrons. The molecule has 2 aromatic heterocycles. The Morgan fingerprint density at radius 1 is 1.32 bits per heavy atom. The predicted octanol–water partition coefficient (Wildman–Crippen LogP) is 3.64. The van der Waals surface area contributed by atoms with Crippen LogP contribution in [0, 0.1) is 6.92 Å². The van der Waals surface area contributed by atoms with E-state index in [1.165, 1.54) is 16.2 Å². The minimum Gasteiger partial charge on any atom is -0.480 e. The zero-order valence-electron chi connectivity index (χ0n) is 12.8. The molecule has 0 spiro atoms. The second-order valence-corrected chi connectivity index (χ2v) is 6.24. The average Bonchev–Trinajstić information content (AvgIpc) is 3.11. The fourth-order valence-electron chi connectivity index (χ4n) is 2.09. The van der Waals surface area contributed by atoms with Gasteiger partial charge in [-0.2, -0.15) is 0 Å². The van der Waals surface area contributed by atoms with Crippen molar-refractivity contribution < 1.29 is 19.1 Å². The Kier molecular flexibility index (Phi) is 5.03. The Labute approximate surface area is 133 Å². The summed E-state index contributed by atoms with van der Waals surface area (Å²) in [6.45, 7) is 5.35. The van der Waals surface area contributed by atoms with E-state index in [0.717, 1.165) is 16.4 Å². The number of carboxylic acids is 1. The molecule has 22 heavy (non-hydrogen) atoms. The summed E-state index contributed by atoms with van der Waals surface area (Å²) in [7, 11) is 0. The Morgan fingerprint density at radius 2 is 2.05 bits per heavy atom. The third-order valence-corrected chi connectivity index (χ3v) is 4.58. The van der Waals surface area contributed by atoms with E-state index in [-0.39, 0.29) is 18.5 Å². The summed E-state index contributed by atoms with van der Waals surface area (Å²) in [6.07, 6.45) is 0.703. The lowest BCUT2D eigenvalue weighted by molar-refractivity contribution is -0.138. The van der Waals surface area contributed by atoms with Gasteiger partial charge in [-0.3, -0.25) is 9.59 Å². The molecule has 1 atom stereocenters. The number of amides is 1. The van der Waals surface area contributed by atoms with Crippen LogP contribution in [0.5, 0.6) is 0 Å². The highest BCUT2D eigenvalue weighted by atomic mass is 32.1. The number of aliphatic carboxylic acids is 1. The number of furan rings is 1. The van der Waals surface area contributed by atoms with Crippen LogP contribution in [0.2, 0.25) is 0 Å². The Balaban J connectivity index is 2.24. The number of carbonyl (C=O) groups excluding carboxylic acids is 1. The van der Waals surface area contributed by atoms with Crippen LogP contribution in [-0.2, 0) is 4.79 Å². The van der Waals surface area contributed by atoms with Gasteiger partial charge in [-0.05, 0) is 44.5 Å².